The molecule has 2 aromatic rings. The highest BCUT2D eigenvalue weighted by molar-refractivity contribution is 14.1. The van der Waals surface area contributed by atoms with Gasteiger partial charge in [0, 0.05) is 6.20 Å². The Morgan fingerprint density at radius 3 is 2.93 bits per heavy atom. The molecule has 0 aliphatic rings. The van der Waals surface area contributed by atoms with Gasteiger partial charge in [0.05, 0.1) is 18.9 Å². The summed E-state index contributed by atoms with van der Waals surface area (Å²) in [4.78, 5) is 3.98. The summed E-state index contributed by atoms with van der Waals surface area (Å²) in [6, 6.07) is 1.87. The van der Waals surface area contributed by atoms with Crippen LogP contribution in [-0.4, -0.2) is 22.3 Å². The molecular formula is C8H6IN3OS. The van der Waals surface area contributed by atoms with Crippen molar-refractivity contribution in [2.45, 2.75) is 0 Å². The molecule has 0 radical (unpaired) electrons. The van der Waals surface area contributed by atoms with E-state index in [1.54, 1.807) is 19.5 Å². The van der Waals surface area contributed by atoms with Crippen LogP contribution in [0, 0.1) is 3.01 Å². The fourth-order valence-corrected chi connectivity index (χ4v) is 2.37. The zero-order chi connectivity index (χ0) is 9.97. The average Bonchev–Trinajstić information content (AvgIpc) is 2.65. The molecule has 0 amide bonds. The molecule has 0 aliphatic carbocycles. The minimum atomic E-state index is 0.722. The lowest BCUT2D eigenvalue weighted by atomic mass is 10.2. The minimum absolute atomic E-state index is 0.722. The summed E-state index contributed by atoms with van der Waals surface area (Å²) in [5.74, 6) is 0.722. The number of halogens is 1. The zero-order valence-corrected chi connectivity index (χ0v) is 10.2. The first-order chi connectivity index (χ1) is 6.81. The van der Waals surface area contributed by atoms with Gasteiger partial charge in [-0.05, 0) is 28.7 Å². The third-order valence-electron chi connectivity index (χ3n) is 1.64. The van der Waals surface area contributed by atoms with E-state index in [0.717, 1.165) is 19.3 Å². The van der Waals surface area contributed by atoms with Crippen molar-refractivity contribution in [2.24, 2.45) is 0 Å². The number of aromatic nitrogens is 3. The monoisotopic (exact) mass is 319 g/mol. The van der Waals surface area contributed by atoms with Crippen LogP contribution in [0.25, 0.3) is 10.6 Å². The lowest BCUT2D eigenvalue weighted by molar-refractivity contribution is 0.414. The van der Waals surface area contributed by atoms with E-state index in [1.165, 1.54) is 11.3 Å². The number of methoxy groups -OCH3 is 1. The highest BCUT2D eigenvalue weighted by atomic mass is 127. The molecule has 6 heteroatoms. The molecule has 0 N–H and O–H groups in total. The lowest BCUT2D eigenvalue weighted by Crippen LogP contribution is -1.88. The number of ether oxygens (including phenoxy) is 1. The van der Waals surface area contributed by atoms with Crippen LogP contribution in [0.3, 0.4) is 0 Å². The highest BCUT2D eigenvalue weighted by Gasteiger charge is 2.09. The zero-order valence-electron chi connectivity index (χ0n) is 7.27. The largest absolute Gasteiger partial charge is 0.494 e. The fourth-order valence-electron chi connectivity index (χ4n) is 1.03. The first-order valence-electron chi connectivity index (χ1n) is 3.78. The molecule has 14 heavy (non-hydrogen) atoms. The Morgan fingerprint density at radius 1 is 1.43 bits per heavy atom. The van der Waals surface area contributed by atoms with E-state index in [9.17, 15) is 0 Å². The SMILES string of the molecule is COc1cnccc1-c1nnc(I)s1. The van der Waals surface area contributed by atoms with Crippen LogP contribution in [-0.2, 0) is 0 Å². The lowest BCUT2D eigenvalue weighted by Gasteiger charge is -2.02. The second-order valence-electron chi connectivity index (χ2n) is 2.44. The van der Waals surface area contributed by atoms with Gasteiger partial charge in [0.1, 0.15) is 5.75 Å². The van der Waals surface area contributed by atoms with Crippen molar-refractivity contribution in [2.75, 3.05) is 7.11 Å². The van der Waals surface area contributed by atoms with Gasteiger partial charge in [-0.1, -0.05) is 11.3 Å². The molecule has 2 heterocycles. The van der Waals surface area contributed by atoms with Gasteiger partial charge in [0.2, 0.25) is 0 Å². The van der Waals surface area contributed by atoms with Crippen LogP contribution in [0.5, 0.6) is 5.75 Å². The normalized spacial score (nSPS) is 10.1. The maximum atomic E-state index is 5.18. The molecular weight excluding hydrogens is 313 g/mol. The molecule has 0 unspecified atom stereocenters. The molecule has 0 aliphatic heterocycles. The van der Waals surface area contributed by atoms with Crippen LogP contribution in [0.15, 0.2) is 18.5 Å². The van der Waals surface area contributed by atoms with Crippen molar-refractivity contribution >= 4 is 33.9 Å². The van der Waals surface area contributed by atoms with E-state index >= 15 is 0 Å². The number of hydrogen-bond donors (Lipinski definition) is 0. The smallest absolute Gasteiger partial charge is 0.178 e. The third-order valence-corrected chi connectivity index (χ3v) is 3.26. The number of rotatable bonds is 2. The molecule has 2 aromatic heterocycles. The predicted molar refractivity (Wildman–Crippen MR) is 62.4 cm³/mol. The number of nitrogens with zero attached hydrogens (tertiary/aromatic N) is 3. The Labute approximate surface area is 98.5 Å². The quantitative estimate of drug-likeness (QED) is 0.797. The van der Waals surface area contributed by atoms with Crippen molar-refractivity contribution in [1.29, 1.82) is 0 Å². The van der Waals surface area contributed by atoms with Gasteiger partial charge >= 0.3 is 0 Å². The first kappa shape index (κ1) is 9.78. The van der Waals surface area contributed by atoms with Crippen LogP contribution in [0.1, 0.15) is 0 Å². The summed E-state index contributed by atoms with van der Waals surface area (Å²) >= 11 is 3.67. The summed E-state index contributed by atoms with van der Waals surface area (Å²) in [5, 5.41) is 8.85. The standard InChI is InChI=1S/C8H6IN3OS/c1-13-6-4-10-3-2-5(6)7-11-12-8(9)14-7/h2-4H,1H3. The van der Waals surface area contributed by atoms with E-state index in [1.807, 2.05) is 6.07 Å². The molecule has 2 rings (SSSR count). The summed E-state index contributed by atoms with van der Waals surface area (Å²) < 4.78 is 6.10. The molecule has 0 fully saturated rings. The molecule has 0 saturated heterocycles. The minimum Gasteiger partial charge on any atom is -0.494 e. The predicted octanol–water partition coefficient (Wildman–Crippen LogP) is 2.21. The maximum absolute atomic E-state index is 5.18. The van der Waals surface area contributed by atoms with E-state index in [2.05, 4.69) is 37.8 Å². The Kier molecular flexibility index (Phi) is 2.92. The van der Waals surface area contributed by atoms with Crippen LogP contribution < -0.4 is 4.74 Å². The molecule has 0 spiro atoms. The van der Waals surface area contributed by atoms with Gasteiger partial charge in [0.25, 0.3) is 0 Å². The molecule has 0 aromatic carbocycles. The maximum Gasteiger partial charge on any atom is 0.178 e. The van der Waals surface area contributed by atoms with E-state index in [4.69, 9.17) is 4.74 Å². The van der Waals surface area contributed by atoms with Crippen LogP contribution >= 0.6 is 33.9 Å². The Hall–Kier alpha value is -0.760. The number of pyridine rings is 1. The summed E-state index contributed by atoms with van der Waals surface area (Å²) in [6.45, 7) is 0. The third kappa shape index (κ3) is 1.85. The van der Waals surface area contributed by atoms with Gasteiger partial charge in [-0.25, -0.2) is 0 Å². The van der Waals surface area contributed by atoms with E-state index in [0.29, 0.717) is 0 Å². The molecule has 0 bridgehead atoms. The van der Waals surface area contributed by atoms with Gasteiger partial charge in [0.15, 0.2) is 8.02 Å². The van der Waals surface area contributed by atoms with Crippen molar-refractivity contribution in [3.63, 3.8) is 0 Å². The second kappa shape index (κ2) is 4.18. The van der Waals surface area contributed by atoms with E-state index in [-0.39, 0.29) is 0 Å². The van der Waals surface area contributed by atoms with Crippen molar-refractivity contribution < 1.29 is 4.74 Å². The molecule has 4 nitrogen and oxygen atoms in total. The Morgan fingerprint density at radius 2 is 2.29 bits per heavy atom. The molecule has 72 valence electrons. The van der Waals surface area contributed by atoms with Gasteiger partial charge in [-0.3, -0.25) is 4.98 Å². The van der Waals surface area contributed by atoms with Crippen molar-refractivity contribution in [3.8, 4) is 16.3 Å². The Balaban J connectivity index is 2.50. The first-order valence-corrected chi connectivity index (χ1v) is 5.68. The van der Waals surface area contributed by atoms with Crippen molar-refractivity contribution in [3.05, 3.63) is 21.5 Å². The van der Waals surface area contributed by atoms with Gasteiger partial charge < -0.3 is 4.74 Å². The van der Waals surface area contributed by atoms with Crippen LogP contribution in [0.4, 0.5) is 0 Å². The summed E-state index contributed by atoms with van der Waals surface area (Å²) in [6.07, 6.45) is 3.38. The summed E-state index contributed by atoms with van der Waals surface area (Å²) in [5.41, 5.74) is 0.933. The van der Waals surface area contributed by atoms with Crippen LogP contribution in [0.2, 0.25) is 0 Å². The van der Waals surface area contributed by atoms with E-state index < -0.39 is 0 Å². The van der Waals surface area contributed by atoms with Crippen molar-refractivity contribution in [1.82, 2.24) is 15.2 Å². The Bertz CT molecular complexity index is 446. The topological polar surface area (TPSA) is 47.9 Å². The van der Waals surface area contributed by atoms with Gasteiger partial charge in [-0.15, -0.1) is 10.2 Å². The molecule has 0 saturated carbocycles. The number of hydrogen-bond acceptors (Lipinski definition) is 5. The fraction of sp³-hybridized carbons (Fsp3) is 0.125. The second-order valence-corrected chi connectivity index (χ2v) is 5.17. The summed E-state index contributed by atoms with van der Waals surface area (Å²) in [7, 11) is 1.62. The average molecular weight is 319 g/mol. The highest BCUT2D eigenvalue weighted by Crippen LogP contribution is 2.31. The van der Waals surface area contributed by atoms with Gasteiger partial charge in [-0.2, -0.15) is 0 Å². The molecule has 0 atom stereocenters.